The molecule has 1 aliphatic carbocycles. The number of halogens is 2. The molecule has 2 aromatic carbocycles. The molecule has 4 aromatic rings. The van der Waals surface area contributed by atoms with Gasteiger partial charge < -0.3 is 29.8 Å². The van der Waals surface area contributed by atoms with Crippen LogP contribution in [0.25, 0.3) is 11.3 Å². The van der Waals surface area contributed by atoms with Gasteiger partial charge >= 0.3 is 6.09 Å². The number of piperidine rings is 1. The van der Waals surface area contributed by atoms with Gasteiger partial charge in [-0.2, -0.15) is 5.10 Å². The number of ether oxygens (including phenoxy) is 2. The number of hydrogen-bond acceptors (Lipinski definition) is 12. The van der Waals surface area contributed by atoms with E-state index in [2.05, 4.69) is 54.9 Å². The quantitative estimate of drug-likeness (QED) is 0.0259. The molecule has 2 aliphatic heterocycles. The SMILES string of the molecule is C=N/C(=C\C(=C/C)c1nc(C(=O)Nc2cn(-c3ccc(CNCCCOCCC#Cc4ccc([C@H]5CN(C6CCC(=O)NC6=O)C(=O)O5)cc4)cc3)nc2C(F)F)co1)NCC1CC1. The Kier molecular flexibility index (Phi) is 15.1. The van der Waals surface area contributed by atoms with Crippen molar-refractivity contribution in [2.45, 2.75) is 70.6 Å². The van der Waals surface area contributed by atoms with Crippen molar-refractivity contribution in [1.82, 2.24) is 35.6 Å². The number of alkyl halides is 2. The Labute approximate surface area is 368 Å². The molecule has 0 radical (unpaired) electrons. The maximum absolute atomic E-state index is 14.1. The van der Waals surface area contributed by atoms with Crippen LogP contribution in [0, 0.1) is 17.8 Å². The number of nitrogens with zero attached hydrogens (tertiary/aromatic N) is 5. The number of benzene rings is 2. The fraction of sp³-hybridized carbons (Fsp3) is 0.370. The standard InChI is InChI=1S/C46H49F2N9O7/c1-3-32(23-39(49-2)51-25-31-8-9-31)45-53-36(28-63-45)43(59)52-35-26-57(55-41(35)42(47)48)34-16-12-30(13-17-34)24-50-20-6-22-62-21-5-4-7-29-10-14-33(15-11-29)38-27-56(46(61)64-38)37-18-19-40(58)54-44(37)60/h3,10-17,23,26,28,31,37-38,42,50-51H,2,5-6,8-9,18-22,24-25,27H2,1H3,(H,52,59)(H,54,58,60)/b32-3+,39-23+/t37?,38-/m1/s1. The first-order valence-corrected chi connectivity index (χ1v) is 21.1. The monoisotopic (exact) mass is 877 g/mol. The summed E-state index contributed by atoms with van der Waals surface area (Å²) in [5, 5.41) is 15.4. The Morgan fingerprint density at radius 3 is 2.62 bits per heavy atom. The van der Waals surface area contributed by atoms with E-state index in [0.29, 0.717) is 55.7 Å². The lowest BCUT2D eigenvalue weighted by molar-refractivity contribution is -0.136. The number of carbonyl (C=O) groups excluding carboxylic acids is 4. The fourth-order valence-corrected chi connectivity index (χ4v) is 6.97. The van der Waals surface area contributed by atoms with Gasteiger partial charge in [0.05, 0.1) is 30.7 Å². The number of nitrogens with one attached hydrogen (secondary N) is 4. The highest BCUT2D eigenvalue weighted by atomic mass is 19.3. The average Bonchev–Trinajstić information content (AvgIpc) is 3.61. The number of aliphatic imine (C=N–C) groups is 1. The van der Waals surface area contributed by atoms with E-state index in [-0.39, 0.29) is 42.6 Å². The van der Waals surface area contributed by atoms with Gasteiger partial charge in [-0.1, -0.05) is 42.2 Å². The number of imide groups is 1. The normalized spacial score (nSPS) is 17.8. The predicted molar refractivity (Wildman–Crippen MR) is 232 cm³/mol. The zero-order valence-electron chi connectivity index (χ0n) is 35.3. The lowest BCUT2D eigenvalue weighted by Gasteiger charge is -2.27. The summed E-state index contributed by atoms with van der Waals surface area (Å²) in [6.45, 7) is 8.74. The van der Waals surface area contributed by atoms with Gasteiger partial charge in [-0.25, -0.2) is 28.2 Å². The maximum atomic E-state index is 14.1. The summed E-state index contributed by atoms with van der Waals surface area (Å²) in [7, 11) is 0. The number of allylic oxidation sites excluding steroid dienone is 3. The number of cyclic esters (lactones) is 1. The van der Waals surface area contributed by atoms with Crippen molar-refractivity contribution in [3.8, 4) is 17.5 Å². The summed E-state index contributed by atoms with van der Waals surface area (Å²) in [6, 6.07) is 13.9. The molecule has 0 bridgehead atoms. The molecule has 16 nitrogen and oxygen atoms in total. The number of anilines is 1. The van der Waals surface area contributed by atoms with Gasteiger partial charge in [0, 0.05) is 43.7 Å². The van der Waals surface area contributed by atoms with Crippen molar-refractivity contribution in [1.29, 1.82) is 0 Å². The van der Waals surface area contributed by atoms with Gasteiger partial charge in [0.15, 0.2) is 11.4 Å². The van der Waals surface area contributed by atoms with Crippen LogP contribution in [0.5, 0.6) is 0 Å². The number of rotatable bonds is 20. The molecule has 1 saturated carbocycles. The van der Waals surface area contributed by atoms with Gasteiger partial charge in [-0.3, -0.25) is 24.6 Å². The molecule has 18 heteroatoms. The molecule has 0 spiro atoms. The highest BCUT2D eigenvalue weighted by Crippen LogP contribution is 2.31. The van der Waals surface area contributed by atoms with Crippen molar-refractivity contribution in [3.05, 3.63) is 113 Å². The van der Waals surface area contributed by atoms with Gasteiger partial charge in [-0.15, -0.1) is 0 Å². The zero-order chi connectivity index (χ0) is 45.0. The largest absolute Gasteiger partial charge is 0.444 e. The van der Waals surface area contributed by atoms with Crippen LogP contribution in [-0.2, 0) is 25.6 Å². The van der Waals surface area contributed by atoms with E-state index in [1.807, 2.05) is 36.4 Å². The van der Waals surface area contributed by atoms with Crippen molar-refractivity contribution < 1.29 is 41.8 Å². The molecule has 1 unspecified atom stereocenters. The number of oxazole rings is 1. The van der Waals surface area contributed by atoms with Crippen LogP contribution < -0.4 is 21.3 Å². The molecule has 2 aromatic heterocycles. The van der Waals surface area contributed by atoms with Crippen LogP contribution in [0.1, 0.15) is 96.7 Å². The van der Waals surface area contributed by atoms with E-state index >= 15 is 0 Å². The summed E-state index contributed by atoms with van der Waals surface area (Å²) < 4.78 is 46.2. The second kappa shape index (κ2) is 21.4. The molecular weight excluding hydrogens is 829 g/mol. The smallest absolute Gasteiger partial charge is 0.411 e. The third kappa shape index (κ3) is 11.9. The fourth-order valence-electron chi connectivity index (χ4n) is 6.97. The Balaban J connectivity index is 0.798. The third-order valence-corrected chi connectivity index (χ3v) is 10.7. The topological polar surface area (TPSA) is 194 Å². The highest BCUT2D eigenvalue weighted by Gasteiger charge is 2.42. The molecular formula is C46H49F2N9O7. The van der Waals surface area contributed by atoms with Gasteiger partial charge in [-0.05, 0) is 93.3 Å². The Hall–Kier alpha value is -6.97. The summed E-state index contributed by atoms with van der Waals surface area (Å²) in [5.74, 6) is 6.00. The first-order chi connectivity index (χ1) is 31.1. The number of amides is 4. The summed E-state index contributed by atoms with van der Waals surface area (Å²) in [6.07, 6.45) is 6.08. The summed E-state index contributed by atoms with van der Waals surface area (Å²) in [5.41, 5.74) is 2.86. The molecule has 4 amide bonds. The first kappa shape index (κ1) is 45.1. The summed E-state index contributed by atoms with van der Waals surface area (Å²) >= 11 is 0. The van der Waals surface area contributed by atoms with Crippen molar-refractivity contribution in [2.75, 3.05) is 38.2 Å². The van der Waals surface area contributed by atoms with Gasteiger partial charge in [0.2, 0.25) is 17.7 Å². The number of hydrogen-bond donors (Lipinski definition) is 4. The summed E-state index contributed by atoms with van der Waals surface area (Å²) in [4.78, 5) is 58.9. The van der Waals surface area contributed by atoms with E-state index in [1.165, 1.54) is 28.6 Å². The minimum atomic E-state index is -2.94. The third-order valence-electron chi connectivity index (χ3n) is 10.7. The number of aromatic nitrogens is 3. The van der Waals surface area contributed by atoms with Crippen LogP contribution in [0.3, 0.4) is 0 Å². The predicted octanol–water partition coefficient (Wildman–Crippen LogP) is 6.23. The Morgan fingerprint density at radius 2 is 1.91 bits per heavy atom. The van der Waals surface area contributed by atoms with Crippen LogP contribution in [0.2, 0.25) is 0 Å². The second-order valence-electron chi connectivity index (χ2n) is 15.4. The van der Waals surface area contributed by atoms with Crippen LogP contribution in [0.15, 0.2) is 88.4 Å². The van der Waals surface area contributed by atoms with E-state index < -0.39 is 42.2 Å². The molecule has 334 valence electrons. The van der Waals surface area contributed by atoms with Crippen molar-refractivity contribution in [3.63, 3.8) is 0 Å². The van der Waals surface area contributed by atoms with Gasteiger partial charge in [0.1, 0.15) is 24.2 Å². The Bertz CT molecular complexity index is 2450. The maximum Gasteiger partial charge on any atom is 0.411 e. The van der Waals surface area contributed by atoms with Crippen molar-refractivity contribution in [2.24, 2.45) is 10.9 Å². The minimum absolute atomic E-state index is 0.0927. The molecule has 64 heavy (non-hydrogen) atoms. The number of carbonyl (C=O) groups is 4. The lowest BCUT2D eigenvalue weighted by atomic mass is 10.0. The average molecular weight is 878 g/mol. The van der Waals surface area contributed by atoms with Crippen LogP contribution >= 0.6 is 0 Å². The van der Waals surface area contributed by atoms with Crippen molar-refractivity contribution >= 4 is 41.8 Å². The lowest BCUT2D eigenvalue weighted by Crippen LogP contribution is -2.52. The van der Waals surface area contributed by atoms with Gasteiger partial charge in [0.25, 0.3) is 12.3 Å². The second-order valence-corrected chi connectivity index (χ2v) is 15.4. The molecule has 7 rings (SSSR count). The van der Waals surface area contributed by atoms with Crippen LogP contribution in [-0.4, -0.2) is 89.1 Å². The highest BCUT2D eigenvalue weighted by molar-refractivity contribution is 6.03. The van der Waals surface area contributed by atoms with Crippen LogP contribution in [0.4, 0.5) is 19.3 Å². The van der Waals surface area contributed by atoms with E-state index in [4.69, 9.17) is 13.9 Å². The first-order valence-electron chi connectivity index (χ1n) is 21.1. The molecule has 3 aliphatic rings. The molecule has 4 N–H and O–H groups in total. The Morgan fingerprint density at radius 1 is 1.11 bits per heavy atom. The molecule has 2 atom stereocenters. The molecule has 4 heterocycles. The van der Waals surface area contributed by atoms with E-state index in [0.717, 1.165) is 35.9 Å². The van der Waals surface area contributed by atoms with E-state index in [9.17, 15) is 28.0 Å². The molecule has 2 saturated heterocycles. The zero-order valence-corrected chi connectivity index (χ0v) is 35.3. The molecule has 3 fully saturated rings. The minimum Gasteiger partial charge on any atom is -0.444 e. The van der Waals surface area contributed by atoms with E-state index in [1.54, 1.807) is 31.2 Å².